The third-order valence-corrected chi connectivity index (χ3v) is 14.2. The molecule has 0 spiro atoms. The number of likely N-dealkylation sites (tertiary alicyclic amines) is 1. The quantitative estimate of drug-likeness (QED) is 0.190. The summed E-state index contributed by atoms with van der Waals surface area (Å²) in [7, 11) is 3.30. The standard InChI is InChI=1S/C47H58N12O8/c1-4-33-45(65)54(2)36-25-49-47(53-40(36)58(33)29-8-5-6-9-29)51-32-13-12-27(24-37(32)67-3)41(61)50-28-16-18-57(19-17-28)44(64)31(48)26-55-20-22-56(23-21-55)34-11-7-10-30-39(34)46(66)59(43(30)63)35-14-15-38(60)52-42(35)62/h7,10-13,24-25,28-29,31,33,35H,4-6,8-9,14-23,26,48H2,1-3H3,(H,50,61)(H,49,51,53)(H,52,60,62)/t31?,33-,35?/m1/s1. The molecule has 354 valence electrons. The van der Waals surface area contributed by atoms with Crippen LogP contribution in [0.5, 0.6) is 5.75 Å². The van der Waals surface area contributed by atoms with E-state index in [4.69, 9.17) is 15.5 Å². The lowest BCUT2D eigenvalue weighted by Gasteiger charge is -2.43. The summed E-state index contributed by atoms with van der Waals surface area (Å²) in [5.74, 6) is -1.02. The van der Waals surface area contributed by atoms with Crippen molar-refractivity contribution in [2.45, 2.75) is 94.9 Å². The molecule has 5 N–H and O–H groups in total. The van der Waals surface area contributed by atoms with Crippen molar-refractivity contribution < 1.29 is 38.3 Å². The van der Waals surface area contributed by atoms with Gasteiger partial charge in [0, 0.05) is 76.9 Å². The number of nitrogens with zero attached hydrogens (tertiary/aromatic N) is 8. The predicted molar refractivity (Wildman–Crippen MR) is 247 cm³/mol. The second-order valence-corrected chi connectivity index (χ2v) is 18.2. The number of ether oxygens (including phenoxy) is 1. The van der Waals surface area contributed by atoms with Gasteiger partial charge in [0.15, 0.2) is 5.82 Å². The lowest BCUT2D eigenvalue weighted by molar-refractivity contribution is -0.136. The number of methoxy groups -OCH3 is 1. The summed E-state index contributed by atoms with van der Waals surface area (Å²) in [6.45, 7) is 5.46. The second kappa shape index (κ2) is 18.9. The molecule has 1 saturated carbocycles. The SMILES string of the molecule is CC[C@@H]1C(=O)N(C)c2cnc(Nc3ccc(C(=O)NC4CCN(C(=O)C(N)CN5CCN(c6cccc7c6C(=O)N(C6CCC(=O)NC6=O)C7=O)CC5)CC4)cc3OC)nc2N1C1CCCC1. The first-order chi connectivity index (χ1) is 32.3. The summed E-state index contributed by atoms with van der Waals surface area (Å²) < 4.78 is 5.71. The number of piperidine rings is 2. The molecule has 7 amide bonds. The molecule has 2 unspecified atom stereocenters. The minimum atomic E-state index is -1.04. The van der Waals surface area contributed by atoms with Crippen LogP contribution in [-0.4, -0.2) is 156 Å². The number of hydrogen-bond acceptors (Lipinski definition) is 15. The van der Waals surface area contributed by atoms with Crippen molar-refractivity contribution in [1.29, 1.82) is 0 Å². The number of rotatable bonds is 12. The van der Waals surface area contributed by atoms with Gasteiger partial charge in [0.25, 0.3) is 17.7 Å². The Labute approximate surface area is 388 Å². The van der Waals surface area contributed by atoms with Crippen molar-refractivity contribution in [3.63, 3.8) is 0 Å². The van der Waals surface area contributed by atoms with Crippen LogP contribution in [0.2, 0.25) is 0 Å². The fraction of sp³-hybridized carbons (Fsp3) is 0.511. The molecule has 5 aliphatic heterocycles. The molecule has 20 heteroatoms. The van der Waals surface area contributed by atoms with Crippen LogP contribution in [0.1, 0.15) is 95.8 Å². The zero-order chi connectivity index (χ0) is 47.1. The van der Waals surface area contributed by atoms with E-state index in [-0.39, 0.29) is 59.8 Å². The van der Waals surface area contributed by atoms with E-state index in [2.05, 4.69) is 30.7 Å². The van der Waals surface area contributed by atoms with E-state index in [1.54, 1.807) is 59.4 Å². The van der Waals surface area contributed by atoms with E-state index in [0.717, 1.165) is 36.4 Å². The van der Waals surface area contributed by atoms with Crippen molar-refractivity contribution in [3.8, 4) is 5.75 Å². The number of fused-ring (bicyclic) bond motifs is 2. The average Bonchev–Trinajstić information content (AvgIpc) is 3.96. The predicted octanol–water partition coefficient (Wildman–Crippen LogP) is 2.00. The Kier molecular flexibility index (Phi) is 12.8. The maximum absolute atomic E-state index is 13.7. The number of carbonyl (C=O) groups is 7. The van der Waals surface area contributed by atoms with Crippen LogP contribution in [0.3, 0.4) is 0 Å². The number of piperazine rings is 1. The van der Waals surface area contributed by atoms with E-state index < -0.39 is 35.7 Å². The van der Waals surface area contributed by atoms with Gasteiger partial charge in [-0.2, -0.15) is 4.98 Å². The lowest BCUT2D eigenvalue weighted by atomic mass is 10.0. The van der Waals surface area contributed by atoms with Gasteiger partial charge in [-0.25, -0.2) is 4.98 Å². The molecule has 6 aliphatic rings. The summed E-state index contributed by atoms with van der Waals surface area (Å²) >= 11 is 0. The number of nitrogens with one attached hydrogen (secondary N) is 3. The Morgan fingerprint density at radius 3 is 2.37 bits per heavy atom. The van der Waals surface area contributed by atoms with Gasteiger partial charge in [0.2, 0.25) is 29.6 Å². The Morgan fingerprint density at radius 1 is 0.925 bits per heavy atom. The Morgan fingerprint density at radius 2 is 1.67 bits per heavy atom. The Bertz CT molecular complexity index is 2480. The molecule has 3 atom stereocenters. The smallest absolute Gasteiger partial charge is 0.264 e. The van der Waals surface area contributed by atoms with Crippen LogP contribution < -0.4 is 41.1 Å². The van der Waals surface area contributed by atoms with Crippen LogP contribution in [0.25, 0.3) is 0 Å². The van der Waals surface area contributed by atoms with Crippen LogP contribution in [0.4, 0.5) is 28.8 Å². The van der Waals surface area contributed by atoms with Gasteiger partial charge < -0.3 is 40.7 Å². The first kappa shape index (κ1) is 45.5. The largest absolute Gasteiger partial charge is 0.495 e. The average molecular weight is 919 g/mol. The van der Waals surface area contributed by atoms with Gasteiger partial charge in [-0.3, -0.25) is 48.7 Å². The van der Waals surface area contributed by atoms with Crippen LogP contribution in [0, 0.1) is 0 Å². The van der Waals surface area contributed by atoms with E-state index in [9.17, 15) is 33.6 Å². The summed E-state index contributed by atoms with van der Waals surface area (Å²) in [6, 6.07) is 8.24. The molecule has 0 bridgehead atoms. The highest BCUT2D eigenvalue weighted by molar-refractivity contribution is 6.25. The van der Waals surface area contributed by atoms with Crippen LogP contribution in [0.15, 0.2) is 42.6 Å². The molecule has 1 aliphatic carbocycles. The second-order valence-electron chi connectivity index (χ2n) is 18.2. The molecule has 0 radical (unpaired) electrons. The molecule has 9 rings (SSSR count). The summed E-state index contributed by atoms with van der Waals surface area (Å²) in [5, 5.41) is 8.63. The molecule has 20 nitrogen and oxygen atoms in total. The van der Waals surface area contributed by atoms with Gasteiger partial charge in [-0.1, -0.05) is 25.8 Å². The highest BCUT2D eigenvalue weighted by atomic mass is 16.5. The molecular weight excluding hydrogens is 861 g/mol. The Hall–Kier alpha value is -6.67. The maximum Gasteiger partial charge on any atom is 0.264 e. The van der Waals surface area contributed by atoms with E-state index >= 15 is 0 Å². The van der Waals surface area contributed by atoms with Gasteiger partial charge in [-0.05, 0) is 68.9 Å². The van der Waals surface area contributed by atoms with Gasteiger partial charge in [0.1, 0.15) is 23.5 Å². The molecule has 2 aromatic carbocycles. The molecular formula is C47H58N12O8. The molecule has 3 saturated heterocycles. The van der Waals surface area contributed by atoms with Crippen molar-refractivity contribution in [2.75, 3.05) is 80.0 Å². The van der Waals surface area contributed by atoms with Crippen LogP contribution in [-0.2, 0) is 19.2 Å². The normalized spacial score (nSPS) is 22.2. The number of carbonyl (C=O) groups excluding carboxylic acids is 7. The number of amides is 7. The van der Waals surface area contributed by atoms with E-state index in [1.165, 1.54) is 7.11 Å². The van der Waals surface area contributed by atoms with Crippen LogP contribution >= 0.6 is 0 Å². The fourth-order valence-corrected chi connectivity index (χ4v) is 10.5. The highest BCUT2D eigenvalue weighted by Gasteiger charge is 2.47. The minimum Gasteiger partial charge on any atom is -0.495 e. The van der Waals surface area contributed by atoms with E-state index in [0.29, 0.717) is 99.4 Å². The van der Waals surface area contributed by atoms with Crippen molar-refractivity contribution in [1.82, 2.24) is 35.3 Å². The number of aromatic nitrogens is 2. The lowest BCUT2D eigenvalue weighted by Crippen LogP contribution is -2.56. The number of hydrogen-bond donors (Lipinski definition) is 4. The maximum atomic E-state index is 13.7. The summed E-state index contributed by atoms with van der Waals surface area (Å²) in [4.78, 5) is 112. The zero-order valence-electron chi connectivity index (χ0n) is 38.2. The summed E-state index contributed by atoms with van der Waals surface area (Å²) in [6.07, 6.45) is 7.88. The van der Waals surface area contributed by atoms with E-state index in [1.807, 2.05) is 11.8 Å². The van der Waals surface area contributed by atoms with Crippen molar-refractivity contribution >= 4 is 70.2 Å². The van der Waals surface area contributed by atoms with Crippen molar-refractivity contribution in [2.24, 2.45) is 5.73 Å². The van der Waals surface area contributed by atoms with Gasteiger partial charge in [-0.15, -0.1) is 0 Å². The van der Waals surface area contributed by atoms with Gasteiger partial charge in [0.05, 0.1) is 41.9 Å². The first-order valence-corrected chi connectivity index (χ1v) is 23.4. The number of anilines is 5. The fourth-order valence-electron chi connectivity index (χ4n) is 10.5. The Balaban J connectivity index is 0.754. The molecule has 3 aromatic rings. The molecule has 67 heavy (non-hydrogen) atoms. The number of imide groups is 2. The van der Waals surface area contributed by atoms with Crippen molar-refractivity contribution in [3.05, 3.63) is 59.3 Å². The zero-order valence-corrected chi connectivity index (χ0v) is 38.2. The number of benzene rings is 2. The number of likely N-dealkylation sites (N-methyl/N-ethyl adjacent to an activating group) is 1. The topological polar surface area (TPSA) is 236 Å². The molecule has 1 aromatic heterocycles. The summed E-state index contributed by atoms with van der Waals surface area (Å²) in [5.41, 5.74) is 9.27. The molecule has 4 fully saturated rings. The van der Waals surface area contributed by atoms with Gasteiger partial charge >= 0.3 is 0 Å². The monoisotopic (exact) mass is 918 g/mol. The number of nitrogens with two attached hydrogens (primary N) is 1. The highest BCUT2D eigenvalue weighted by Crippen LogP contribution is 2.41. The molecule has 6 heterocycles. The third-order valence-electron chi connectivity index (χ3n) is 14.2. The first-order valence-electron chi connectivity index (χ1n) is 23.4. The third kappa shape index (κ3) is 8.74. The minimum absolute atomic E-state index is 0.0460.